The lowest BCUT2D eigenvalue weighted by Gasteiger charge is -2.03. The summed E-state index contributed by atoms with van der Waals surface area (Å²) in [5.74, 6) is 0. The maximum atomic E-state index is 8.75. The summed E-state index contributed by atoms with van der Waals surface area (Å²) >= 11 is 11.4. The third-order valence-electron chi connectivity index (χ3n) is 3.71. The number of benzene rings is 1. The first-order valence-corrected chi connectivity index (χ1v) is 10.7. The van der Waals surface area contributed by atoms with Gasteiger partial charge in [0, 0.05) is 17.8 Å². The first kappa shape index (κ1) is 29.2. The molecule has 0 bridgehead atoms. The Morgan fingerprint density at radius 1 is 1.17 bits per heavy atom. The molecule has 1 rings (SSSR count). The lowest BCUT2D eigenvalue weighted by Crippen LogP contribution is -2.06. The van der Waals surface area contributed by atoms with Gasteiger partial charge in [0.2, 0.25) is 0 Å². The van der Waals surface area contributed by atoms with Gasteiger partial charge >= 0.3 is 0 Å². The molecule has 0 saturated heterocycles. The molecule has 0 saturated carbocycles. The van der Waals surface area contributed by atoms with Crippen molar-refractivity contribution in [3.05, 3.63) is 70.4 Å². The monoisotopic (exact) mass is 435 g/mol. The number of nitrogens with two attached hydrogens (primary N) is 1. The molecule has 0 unspecified atom stereocenters. The second-order valence-corrected chi connectivity index (χ2v) is 6.90. The molecular formula is C24H35Cl2N3. The van der Waals surface area contributed by atoms with Crippen molar-refractivity contribution in [3.8, 4) is 6.07 Å². The third kappa shape index (κ3) is 15.6. The fourth-order valence-electron chi connectivity index (χ4n) is 2.23. The fourth-order valence-corrected chi connectivity index (χ4v) is 2.54. The highest BCUT2D eigenvalue weighted by Gasteiger charge is 2.00. The van der Waals surface area contributed by atoms with Crippen molar-refractivity contribution in [1.29, 1.82) is 5.26 Å². The Hall–Kier alpha value is -2.02. The van der Waals surface area contributed by atoms with Crippen LogP contribution >= 0.6 is 23.2 Å². The van der Waals surface area contributed by atoms with Crippen LogP contribution in [0.1, 0.15) is 64.0 Å². The number of halogens is 2. The molecule has 0 aromatic heterocycles. The standard InChI is InChI=1S/C14H18ClN.C8H11ClN2.C2H6/c1-2-3-4-5-6-7-12-8-9-13(11-16)14(15)10-12;1-6(9)4-5-8(11-3)7(2)10;1-2/h8-10H,2-7H2,1H3;4-5H,1-2,10H2,3H3;1-2H3/b;5-4-,11-8?;. The van der Waals surface area contributed by atoms with Gasteiger partial charge in [0.05, 0.1) is 16.3 Å². The highest BCUT2D eigenvalue weighted by atomic mass is 35.5. The van der Waals surface area contributed by atoms with Crippen LogP contribution in [0.15, 0.2) is 59.2 Å². The van der Waals surface area contributed by atoms with Gasteiger partial charge in [-0.1, -0.05) is 88.9 Å². The van der Waals surface area contributed by atoms with Gasteiger partial charge in [-0.2, -0.15) is 5.26 Å². The Morgan fingerprint density at radius 3 is 2.24 bits per heavy atom. The number of hydrogen-bond acceptors (Lipinski definition) is 3. The van der Waals surface area contributed by atoms with Crippen LogP contribution in [0.5, 0.6) is 0 Å². The van der Waals surface area contributed by atoms with Gasteiger partial charge in [0.15, 0.2) is 0 Å². The number of hydrogen-bond donors (Lipinski definition) is 1. The Labute approximate surface area is 187 Å². The average Bonchev–Trinajstić information content (AvgIpc) is 2.70. The minimum atomic E-state index is 0.418. The van der Waals surface area contributed by atoms with Gasteiger partial charge in [-0.15, -0.1) is 0 Å². The number of nitriles is 1. The molecule has 0 aliphatic heterocycles. The van der Waals surface area contributed by atoms with E-state index in [1.165, 1.54) is 37.7 Å². The van der Waals surface area contributed by atoms with Crippen LogP contribution in [0.4, 0.5) is 0 Å². The van der Waals surface area contributed by atoms with Crippen LogP contribution in [-0.4, -0.2) is 12.8 Å². The third-order valence-corrected chi connectivity index (χ3v) is 4.15. The van der Waals surface area contributed by atoms with Crippen LogP contribution in [0.2, 0.25) is 5.02 Å². The molecule has 29 heavy (non-hydrogen) atoms. The van der Waals surface area contributed by atoms with E-state index in [-0.39, 0.29) is 0 Å². The summed E-state index contributed by atoms with van der Waals surface area (Å²) in [6.07, 6.45) is 10.8. The molecule has 1 aromatic carbocycles. The second-order valence-electron chi connectivity index (χ2n) is 6.00. The minimum absolute atomic E-state index is 0.418. The van der Waals surface area contributed by atoms with E-state index in [1.807, 2.05) is 32.0 Å². The average molecular weight is 436 g/mol. The summed E-state index contributed by atoms with van der Waals surface area (Å²) < 4.78 is 0. The maximum Gasteiger partial charge on any atom is 0.101 e. The van der Waals surface area contributed by atoms with E-state index in [9.17, 15) is 0 Å². The number of aryl methyl sites for hydroxylation is 1. The number of unbranched alkanes of at least 4 members (excludes halogenated alkanes) is 4. The zero-order valence-electron chi connectivity index (χ0n) is 18.3. The molecule has 0 radical (unpaired) electrons. The Balaban J connectivity index is 0. The predicted octanol–water partition coefficient (Wildman–Crippen LogP) is 7.59. The molecule has 3 nitrogen and oxygen atoms in total. The molecular weight excluding hydrogens is 401 g/mol. The zero-order valence-corrected chi connectivity index (χ0v) is 19.8. The first-order valence-electron chi connectivity index (χ1n) is 9.98. The maximum absolute atomic E-state index is 8.75. The summed E-state index contributed by atoms with van der Waals surface area (Å²) in [5.41, 5.74) is 8.22. The molecule has 0 amide bonds. The molecule has 0 heterocycles. The van der Waals surface area contributed by atoms with Crippen molar-refractivity contribution in [2.45, 2.75) is 59.3 Å². The van der Waals surface area contributed by atoms with Crippen LogP contribution in [0, 0.1) is 11.3 Å². The Kier molecular flexibility index (Phi) is 19.4. The number of aliphatic imine (C=N–C) groups is 1. The summed E-state index contributed by atoms with van der Waals surface area (Å²) in [7, 11) is 1.63. The van der Waals surface area contributed by atoms with Crippen LogP contribution in [0.3, 0.4) is 0 Å². The van der Waals surface area contributed by atoms with Crippen molar-refractivity contribution < 1.29 is 0 Å². The van der Waals surface area contributed by atoms with Gasteiger partial charge < -0.3 is 5.73 Å². The summed E-state index contributed by atoms with van der Waals surface area (Å²) in [4.78, 5) is 3.87. The summed E-state index contributed by atoms with van der Waals surface area (Å²) in [5, 5.41) is 9.76. The first-order chi connectivity index (χ1) is 13.8. The smallest absolute Gasteiger partial charge is 0.101 e. The summed E-state index contributed by atoms with van der Waals surface area (Å²) in [6.45, 7) is 13.2. The molecule has 0 spiro atoms. The molecule has 1 aromatic rings. The quantitative estimate of drug-likeness (QED) is 0.246. The molecule has 0 atom stereocenters. The highest BCUT2D eigenvalue weighted by Crippen LogP contribution is 2.18. The van der Waals surface area contributed by atoms with Crippen LogP contribution in [-0.2, 0) is 6.42 Å². The van der Waals surface area contributed by atoms with Gasteiger partial charge in [0.1, 0.15) is 6.07 Å². The minimum Gasteiger partial charge on any atom is -0.397 e. The second kappa shape index (κ2) is 19.3. The predicted molar refractivity (Wildman–Crippen MR) is 131 cm³/mol. The fraction of sp³-hybridized carbons (Fsp3) is 0.417. The SMILES string of the molecule is C=C(Cl)/C=C\C(=NC)C(=C)N.CC.CCCCCCCc1ccc(C#N)c(Cl)c1. The van der Waals surface area contributed by atoms with Crippen molar-refractivity contribution in [2.75, 3.05) is 7.05 Å². The van der Waals surface area contributed by atoms with Crippen LogP contribution in [0.25, 0.3) is 0 Å². The van der Waals surface area contributed by atoms with Gasteiger partial charge in [0.25, 0.3) is 0 Å². The molecule has 2 N–H and O–H groups in total. The van der Waals surface area contributed by atoms with E-state index in [1.54, 1.807) is 19.2 Å². The van der Waals surface area contributed by atoms with Gasteiger partial charge in [-0.3, -0.25) is 4.99 Å². The largest absolute Gasteiger partial charge is 0.397 e. The molecule has 0 aliphatic rings. The number of rotatable bonds is 9. The molecule has 0 fully saturated rings. The molecule has 5 heteroatoms. The van der Waals surface area contributed by atoms with Crippen molar-refractivity contribution >= 4 is 28.9 Å². The van der Waals surface area contributed by atoms with Crippen molar-refractivity contribution in [1.82, 2.24) is 0 Å². The van der Waals surface area contributed by atoms with E-state index in [0.29, 0.717) is 27.0 Å². The van der Waals surface area contributed by atoms with E-state index >= 15 is 0 Å². The van der Waals surface area contributed by atoms with E-state index in [4.69, 9.17) is 34.2 Å². The number of allylic oxidation sites excluding steroid dienone is 3. The normalized spacial score (nSPS) is 10.3. The summed E-state index contributed by atoms with van der Waals surface area (Å²) in [6, 6.07) is 7.80. The van der Waals surface area contributed by atoms with Crippen molar-refractivity contribution in [3.63, 3.8) is 0 Å². The van der Waals surface area contributed by atoms with Gasteiger partial charge in [-0.25, -0.2) is 0 Å². The zero-order chi connectivity index (χ0) is 22.7. The number of nitrogens with zero attached hydrogens (tertiary/aromatic N) is 2. The Bertz CT molecular complexity index is 713. The lowest BCUT2D eigenvalue weighted by molar-refractivity contribution is 0.632. The lowest BCUT2D eigenvalue weighted by atomic mass is 10.0. The van der Waals surface area contributed by atoms with Crippen LogP contribution < -0.4 is 5.73 Å². The van der Waals surface area contributed by atoms with Gasteiger partial charge in [-0.05, 0) is 42.7 Å². The highest BCUT2D eigenvalue weighted by molar-refractivity contribution is 6.31. The molecule has 160 valence electrons. The van der Waals surface area contributed by atoms with Crippen molar-refractivity contribution in [2.24, 2.45) is 10.7 Å². The van der Waals surface area contributed by atoms with E-state index in [2.05, 4.69) is 31.1 Å². The molecule has 0 aliphatic carbocycles. The Morgan fingerprint density at radius 2 is 1.79 bits per heavy atom. The topological polar surface area (TPSA) is 62.2 Å². The van der Waals surface area contributed by atoms with E-state index in [0.717, 1.165) is 6.42 Å². The van der Waals surface area contributed by atoms with E-state index < -0.39 is 0 Å².